The van der Waals surface area contributed by atoms with Crippen LogP contribution in [0.5, 0.6) is 0 Å². The van der Waals surface area contributed by atoms with Crippen LogP contribution >= 0.6 is 35.3 Å². The quantitative estimate of drug-likeness (QED) is 0.286. The molecule has 8 heteroatoms. The molecule has 1 saturated heterocycles. The fourth-order valence-corrected chi connectivity index (χ4v) is 4.03. The van der Waals surface area contributed by atoms with Crippen molar-refractivity contribution >= 4 is 47.2 Å². The van der Waals surface area contributed by atoms with Gasteiger partial charge in [0.2, 0.25) is 0 Å². The number of thiazole rings is 1. The lowest BCUT2D eigenvalue weighted by Crippen LogP contribution is -2.48. The first kappa shape index (κ1) is 24.1. The van der Waals surface area contributed by atoms with Gasteiger partial charge in [-0.15, -0.1) is 35.3 Å². The second kappa shape index (κ2) is 11.2. The number of ether oxygens (including phenoxy) is 1. The summed E-state index contributed by atoms with van der Waals surface area (Å²) in [4.78, 5) is 23.3. The van der Waals surface area contributed by atoms with Gasteiger partial charge in [0.1, 0.15) is 0 Å². The SMILES string of the molecule is CCOC(=O)C1CCCN(C(=NC)NCCc2nc(C(C)(C)C)cs2)C1.I. The summed E-state index contributed by atoms with van der Waals surface area (Å²) in [6.45, 7) is 11.2. The molecule has 154 valence electrons. The van der Waals surface area contributed by atoms with Gasteiger partial charge in [0.25, 0.3) is 0 Å². The number of carbonyl (C=O) groups is 1. The highest BCUT2D eigenvalue weighted by Gasteiger charge is 2.28. The van der Waals surface area contributed by atoms with E-state index in [1.807, 2.05) is 6.92 Å². The van der Waals surface area contributed by atoms with Crippen molar-refractivity contribution in [2.24, 2.45) is 10.9 Å². The zero-order valence-electron chi connectivity index (χ0n) is 17.1. The molecule has 1 fully saturated rings. The second-order valence-corrected chi connectivity index (χ2v) is 8.58. The average molecular weight is 508 g/mol. The topological polar surface area (TPSA) is 66.8 Å². The van der Waals surface area contributed by atoms with Crippen molar-refractivity contribution in [3.05, 3.63) is 16.1 Å². The van der Waals surface area contributed by atoms with Gasteiger partial charge in [-0.2, -0.15) is 0 Å². The Morgan fingerprint density at radius 3 is 2.81 bits per heavy atom. The molecule has 1 aliphatic heterocycles. The molecule has 1 unspecified atom stereocenters. The van der Waals surface area contributed by atoms with Crippen LogP contribution < -0.4 is 5.32 Å². The highest BCUT2D eigenvalue weighted by atomic mass is 127. The highest BCUT2D eigenvalue weighted by molar-refractivity contribution is 14.0. The number of guanidine groups is 1. The maximum atomic E-state index is 12.0. The number of nitrogens with zero attached hydrogens (tertiary/aromatic N) is 3. The van der Waals surface area contributed by atoms with Gasteiger partial charge in [-0.3, -0.25) is 9.79 Å². The van der Waals surface area contributed by atoms with E-state index in [4.69, 9.17) is 9.72 Å². The molecule has 0 bridgehead atoms. The van der Waals surface area contributed by atoms with Crippen molar-refractivity contribution < 1.29 is 9.53 Å². The summed E-state index contributed by atoms with van der Waals surface area (Å²) < 4.78 is 5.18. The van der Waals surface area contributed by atoms with Crippen LogP contribution in [-0.2, 0) is 21.4 Å². The number of halogens is 1. The van der Waals surface area contributed by atoms with Gasteiger partial charge in [0.05, 0.1) is 23.2 Å². The highest BCUT2D eigenvalue weighted by Crippen LogP contribution is 2.24. The molecule has 1 N–H and O–H groups in total. The molecule has 0 aliphatic carbocycles. The van der Waals surface area contributed by atoms with Gasteiger partial charge in [-0.25, -0.2) is 4.98 Å². The van der Waals surface area contributed by atoms with Crippen LogP contribution in [0.1, 0.15) is 51.2 Å². The summed E-state index contributed by atoms with van der Waals surface area (Å²) in [5.74, 6) is 0.701. The third kappa shape index (κ3) is 7.21. The number of nitrogens with one attached hydrogen (secondary N) is 1. The summed E-state index contributed by atoms with van der Waals surface area (Å²) >= 11 is 1.72. The van der Waals surface area contributed by atoms with Gasteiger partial charge in [0, 0.05) is 43.9 Å². The number of likely N-dealkylation sites (tertiary alicyclic amines) is 1. The van der Waals surface area contributed by atoms with Gasteiger partial charge in [-0.1, -0.05) is 20.8 Å². The van der Waals surface area contributed by atoms with E-state index in [1.54, 1.807) is 18.4 Å². The Kier molecular flexibility index (Phi) is 10.0. The van der Waals surface area contributed by atoms with Crippen LogP contribution in [0.3, 0.4) is 0 Å². The van der Waals surface area contributed by atoms with E-state index in [-0.39, 0.29) is 41.3 Å². The number of piperidine rings is 1. The van der Waals surface area contributed by atoms with Crippen molar-refractivity contribution in [3.8, 4) is 0 Å². The maximum Gasteiger partial charge on any atom is 0.310 e. The van der Waals surface area contributed by atoms with E-state index in [2.05, 4.69) is 41.4 Å². The largest absolute Gasteiger partial charge is 0.466 e. The van der Waals surface area contributed by atoms with Crippen LogP contribution in [-0.4, -0.2) is 55.1 Å². The van der Waals surface area contributed by atoms with Crippen LogP contribution in [0.15, 0.2) is 10.4 Å². The van der Waals surface area contributed by atoms with Crippen molar-refractivity contribution in [3.63, 3.8) is 0 Å². The maximum absolute atomic E-state index is 12.0. The monoisotopic (exact) mass is 508 g/mol. The molecule has 0 amide bonds. The van der Waals surface area contributed by atoms with E-state index in [0.29, 0.717) is 13.2 Å². The smallest absolute Gasteiger partial charge is 0.310 e. The fraction of sp³-hybridized carbons (Fsp3) is 0.737. The van der Waals surface area contributed by atoms with E-state index in [0.717, 1.165) is 49.0 Å². The van der Waals surface area contributed by atoms with E-state index in [9.17, 15) is 4.79 Å². The normalized spacial score (nSPS) is 18.0. The Balaban J connectivity index is 0.00000364. The van der Waals surface area contributed by atoms with Crippen LogP contribution in [0, 0.1) is 5.92 Å². The van der Waals surface area contributed by atoms with Gasteiger partial charge in [-0.05, 0) is 19.8 Å². The predicted octanol–water partition coefficient (Wildman–Crippen LogP) is 3.45. The minimum atomic E-state index is -0.0925. The molecule has 0 aromatic carbocycles. The molecule has 1 atom stereocenters. The zero-order valence-corrected chi connectivity index (χ0v) is 20.2. The van der Waals surface area contributed by atoms with E-state index >= 15 is 0 Å². The Bertz CT molecular complexity index is 627. The van der Waals surface area contributed by atoms with Crippen LogP contribution in [0.4, 0.5) is 0 Å². The van der Waals surface area contributed by atoms with Crippen molar-refractivity contribution in [1.29, 1.82) is 0 Å². The molecule has 27 heavy (non-hydrogen) atoms. The first-order valence-corrected chi connectivity index (χ1v) is 10.3. The first-order chi connectivity index (χ1) is 12.3. The number of aromatic nitrogens is 1. The summed E-state index contributed by atoms with van der Waals surface area (Å²) in [6, 6.07) is 0. The number of rotatable bonds is 5. The third-order valence-corrected chi connectivity index (χ3v) is 5.40. The molecule has 0 spiro atoms. The lowest BCUT2D eigenvalue weighted by atomic mass is 9.93. The van der Waals surface area contributed by atoms with Crippen molar-refractivity contribution in [1.82, 2.24) is 15.2 Å². The Hall–Kier alpha value is -0.900. The Morgan fingerprint density at radius 2 is 2.22 bits per heavy atom. The number of hydrogen-bond acceptors (Lipinski definition) is 5. The summed E-state index contributed by atoms with van der Waals surface area (Å²) in [5.41, 5.74) is 1.24. The summed E-state index contributed by atoms with van der Waals surface area (Å²) in [7, 11) is 1.79. The molecule has 2 rings (SSSR count). The molecule has 0 saturated carbocycles. The lowest BCUT2D eigenvalue weighted by Gasteiger charge is -2.33. The standard InChI is InChI=1S/C19H32N4O2S.HI/c1-6-25-17(24)14-8-7-11-23(12-14)18(20-5)21-10-9-16-22-15(13-26-16)19(2,3)4;/h13-14H,6-12H2,1-5H3,(H,20,21);1H. The Labute approximate surface area is 184 Å². The fourth-order valence-electron chi connectivity index (χ4n) is 3.01. The van der Waals surface area contributed by atoms with Crippen molar-refractivity contribution in [2.75, 3.05) is 33.3 Å². The van der Waals surface area contributed by atoms with E-state index in [1.165, 1.54) is 0 Å². The molecular weight excluding hydrogens is 475 g/mol. The summed E-state index contributed by atoms with van der Waals surface area (Å²) in [6.07, 6.45) is 2.74. The summed E-state index contributed by atoms with van der Waals surface area (Å²) in [5, 5.41) is 6.71. The molecule has 1 aromatic rings. The number of carbonyl (C=O) groups excluding carboxylic acids is 1. The number of aliphatic imine (C=N–C) groups is 1. The molecule has 1 aliphatic rings. The predicted molar refractivity (Wildman–Crippen MR) is 122 cm³/mol. The Morgan fingerprint density at radius 1 is 1.48 bits per heavy atom. The van der Waals surface area contributed by atoms with Gasteiger partial charge >= 0.3 is 5.97 Å². The minimum Gasteiger partial charge on any atom is -0.466 e. The average Bonchev–Trinajstić information content (AvgIpc) is 3.08. The third-order valence-electron chi connectivity index (χ3n) is 4.49. The van der Waals surface area contributed by atoms with Gasteiger partial charge in [0.15, 0.2) is 5.96 Å². The van der Waals surface area contributed by atoms with E-state index < -0.39 is 0 Å². The first-order valence-electron chi connectivity index (χ1n) is 9.42. The van der Waals surface area contributed by atoms with Crippen LogP contribution in [0.25, 0.3) is 0 Å². The minimum absolute atomic E-state index is 0. The second-order valence-electron chi connectivity index (χ2n) is 7.64. The molecule has 0 radical (unpaired) electrons. The number of hydrogen-bond donors (Lipinski definition) is 1. The number of esters is 1. The molecule has 1 aromatic heterocycles. The molecular formula is C19H33IN4O2S. The van der Waals surface area contributed by atoms with Gasteiger partial charge < -0.3 is 15.0 Å². The molecule has 2 heterocycles. The lowest BCUT2D eigenvalue weighted by molar-refractivity contribution is -0.149. The molecule has 6 nitrogen and oxygen atoms in total. The van der Waals surface area contributed by atoms with Crippen molar-refractivity contribution in [2.45, 2.75) is 52.4 Å². The van der Waals surface area contributed by atoms with Crippen LogP contribution in [0.2, 0.25) is 0 Å². The zero-order chi connectivity index (χ0) is 19.2.